The van der Waals surface area contributed by atoms with E-state index in [9.17, 15) is 9.59 Å². The van der Waals surface area contributed by atoms with Crippen molar-refractivity contribution in [2.45, 2.75) is 46.1 Å². The molecule has 3 heterocycles. The lowest BCUT2D eigenvalue weighted by molar-refractivity contribution is -0.134. The van der Waals surface area contributed by atoms with Crippen molar-refractivity contribution >= 4 is 11.8 Å². The van der Waals surface area contributed by atoms with Crippen molar-refractivity contribution < 1.29 is 9.59 Å². The van der Waals surface area contributed by atoms with Gasteiger partial charge in [-0.1, -0.05) is 24.3 Å². The molecule has 1 saturated heterocycles. The van der Waals surface area contributed by atoms with Crippen molar-refractivity contribution in [3.05, 3.63) is 66.0 Å². The number of likely N-dealkylation sites (tertiary alicyclic amines) is 1. The summed E-state index contributed by atoms with van der Waals surface area (Å²) in [6.07, 6.45) is 8.62. The van der Waals surface area contributed by atoms with Gasteiger partial charge in [-0.3, -0.25) is 14.7 Å². The maximum atomic E-state index is 13.6. The Hall–Kier alpha value is -3.55. The smallest absolute Gasteiger partial charge is 0.257 e. The first-order valence-corrected chi connectivity index (χ1v) is 11.3. The molecule has 8 nitrogen and oxygen atoms in total. The molecule has 3 aromatic rings. The second kappa shape index (κ2) is 9.52. The van der Waals surface area contributed by atoms with Crippen molar-refractivity contribution in [3.8, 4) is 11.1 Å². The quantitative estimate of drug-likeness (QED) is 0.605. The summed E-state index contributed by atoms with van der Waals surface area (Å²) in [7, 11) is 0. The van der Waals surface area contributed by atoms with Crippen molar-refractivity contribution in [2.24, 2.45) is 5.41 Å². The number of hydrogen-bond donors (Lipinski definition) is 2. The summed E-state index contributed by atoms with van der Waals surface area (Å²) in [5.74, 6) is -0.106. The molecule has 0 bridgehead atoms. The number of nitrogens with zero attached hydrogens (tertiary/aromatic N) is 4. The Kier molecular flexibility index (Phi) is 6.53. The van der Waals surface area contributed by atoms with Crippen molar-refractivity contribution in [1.82, 2.24) is 30.4 Å². The van der Waals surface area contributed by atoms with Gasteiger partial charge in [0, 0.05) is 42.8 Å². The standard InChI is InChI=1S/C25H30N6O2/c1-17(2)29-24(33)25(9-6-10-31(15-25)23(32)22-14-28-30-18(22)3)11-19-7-4-5-8-21(19)20-12-26-16-27-13-20/h4-5,7-8,12-14,16-17H,6,9-11,15H2,1-3H3,(H,28,30)(H,29,33)/t25-/m0/s1. The molecule has 1 fully saturated rings. The average Bonchev–Trinajstić information content (AvgIpc) is 3.25. The normalized spacial score (nSPS) is 18.4. The Balaban J connectivity index is 1.70. The van der Waals surface area contributed by atoms with Crippen LogP contribution in [0.15, 0.2) is 49.2 Å². The number of nitrogens with one attached hydrogen (secondary N) is 2. The molecule has 1 aromatic carbocycles. The van der Waals surface area contributed by atoms with Crippen LogP contribution in [0.1, 0.15) is 48.3 Å². The van der Waals surface area contributed by atoms with Crippen LogP contribution in [-0.2, 0) is 11.2 Å². The van der Waals surface area contributed by atoms with Gasteiger partial charge in [0.25, 0.3) is 5.91 Å². The van der Waals surface area contributed by atoms with E-state index in [1.165, 1.54) is 6.33 Å². The zero-order valence-electron chi connectivity index (χ0n) is 19.3. The largest absolute Gasteiger partial charge is 0.353 e. The molecule has 0 unspecified atom stereocenters. The first-order valence-electron chi connectivity index (χ1n) is 11.3. The number of carbonyl (C=O) groups excluding carboxylic acids is 2. The van der Waals surface area contributed by atoms with Crippen LogP contribution in [0.25, 0.3) is 11.1 Å². The van der Waals surface area contributed by atoms with Gasteiger partial charge in [0.15, 0.2) is 0 Å². The van der Waals surface area contributed by atoms with Gasteiger partial charge in [0.05, 0.1) is 17.2 Å². The molecule has 33 heavy (non-hydrogen) atoms. The van der Waals surface area contributed by atoms with Crippen LogP contribution >= 0.6 is 0 Å². The number of rotatable bonds is 6. The maximum Gasteiger partial charge on any atom is 0.257 e. The van der Waals surface area contributed by atoms with Crippen molar-refractivity contribution in [1.29, 1.82) is 0 Å². The molecule has 1 aliphatic heterocycles. The molecular formula is C25H30N6O2. The van der Waals surface area contributed by atoms with Gasteiger partial charge in [0.1, 0.15) is 6.33 Å². The average molecular weight is 447 g/mol. The number of aromatic amines is 1. The Labute approximate surface area is 193 Å². The second-order valence-electron chi connectivity index (χ2n) is 9.11. The molecule has 0 spiro atoms. The highest BCUT2D eigenvalue weighted by Gasteiger charge is 2.44. The Morgan fingerprint density at radius 2 is 1.94 bits per heavy atom. The zero-order valence-corrected chi connectivity index (χ0v) is 19.3. The molecular weight excluding hydrogens is 416 g/mol. The Bertz CT molecular complexity index is 1130. The van der Waals surface area contributed by atoms with Crippen LogP contribution < -0.4 is 5.32 Å². The highest BCUT2D eigenvalue weighted by atomic mass is 16.2. The molecule has 0 radical (unpaired) electrons. The summed E-state index contributed by atoms with van der Waals surface area (Å²) in [6.45, 7) is 6.73. The monoisotopic (exact) mass is 446 g/mol. The summed E-state index contributed by atoms with van der Waals surface area (Å²) in [5.41, 5.74) is 3.50. The Morgan fingerprint density at radius 3 is 2.64 bits per heavy atom. The molecule has 0 saturated carbocycles. The molecule has 2 N–H and O–H groups in total. The number of benzene rings is 1. The van der Waals surface area contributed by atoms with Gasteiger partial charge in [-0.05, 0) is 51.2 Å². The van der Waals surface area contributed by atoms with Gasteiger partial charge in [-0.2, -0.15) is 5.10 Å². The van der Waals surface area contributed by atoms with Crippen LogP contribution in [0.5, 0.6) is 0 Å². The van der Waals surface area contributed by atoms with Crippen LogP contribution in [0.4, 0.5) is 0 Å². The predicted octanol–water partition coefficient (Wildman–Crippen LogP) is 3.16. The topological polar surface area (TPSA) is 104 Å². The van der Waals surface area contributed by atoms with E-state index >= 15 is 0 Å². The van der Waals surface area contributed by atoms with E-state index in [1.54, 1.807) is 23.5 Å². The summed E-state index contributed by atoms with van der Waals surface area (Å²) in [5, 5.41) is 9.95. The number of hydrogen-bond acceptors (Lipinski definition) is 5. The lowest BCUT2D eigenvalue weighted by atomic mass is 9.73. The van der Waals surface area contributed by atoms with Crippen LogP contribution in [0, 0.1) is 12.3 Å². The van der Waals surface area contributed by atoms with Gasteiger partial charge in [0.2, 0.25) is 5.91 Å². The number of carbonyl (C=O) groups is 2. The zero-order chi connectivity index (χ0) is 23.4. The van der Waals surface area contributed by atoms with E-state index in [-0.39, 0.29) is 17.9 Å². The van der Waals surface area contributed by atoms with E-state index < -0.39 is 5.41 Å². The minimum atomic E-state index is -0.735. The van der Waals surface area contributed by atoms with E-state index in [0.29, 0.717) is 31.5 Å². The fourth-order valence-corrected chi connectivity index (χ4v) is 4.63. The molecule has 2 amide bonds. The highest BCUT2D eigenvalue weighted by molar-refractivity contribution is 5.96. The number of H-pyrrole nitrogens is 1. The SMILES string of the molecule is Cc1[nH]ncc1C(=O)N1CCC[C@@](Cc2ccccc2-c2cncnc2)(C(=O)NC(C)C)C1. The fourth-order valence-electron chi connectivity index (χ4n) is 4.63. The third-order valence-electron chi connectivity index (χ3n) is 6.24. The number of piperidine rings is 1. The van der Waals surface area contributed by atoms with Crippen molar-refractivity contribution in [2.75, 3.05) is 13.1 Å². The van der Waals surface area contributed by atoms with Crippen LogP contribution in [0.2, 0.25) is 0 Å². The van der Waals surface area contributed by atoms with E-state index in [0.717, 1.165) is 28.8 Å². The van der Waals surface area contributed by atoms with Gasteiger partial charge < -0.3 is 10.2 Å². The third-order valence-corrected chi connectivity index (χ3v) is 6.24. The number of amides is 2. The van der Waals surface area contributed by atoms with E-state index in [2.05, 4.69) is 25.5 Å². The van der Waals surface area contributed by atoms with Gasteiger partial charge in [-0.15, -0.1) is 0 Å². The van der Waals surface area contributed by atoms with Crippen molar-refractivity contribution in [3.63, 3.8) is 0 Å². The lowest BCUT2D eigenvalue weighted by Gasteiger charge is -2.42. The first-order chi connectivity index (χ1) is 15.9. The van der Waals surface area contributed by atoms with Crippen LogP contribution in [-0.4, -0.2) is 56.0 Å². The van der Waals surface area contributed by atoms with E-state index in [1.807, 2.05) is 45.0 Å². The predicted molar refractivity (Wildman–Crippen MR) is 125 cm³/mol. The highest BCUT2D eigenvalue weighted by Crippen LogP contribution is 2.37. The number of aryl methyl sites for hydroxylation is 1. The summed E-state index contributed by atoms with van der Waals surface area (Å²) in [4.78, 5) is 37.0. The van der Waals surface area contributed by atoms with E-state index in [4.69, 9.17) is 0 Å². The maximum absolute atomic E-state index is 13.6. The van der Waals surface area contributed by atoms with Gasteiger partial charge in [-0.25, -0.2) is 9.97 Å². The molecule has 1 aliphatic rings. The first kappa shape index (κ1) is 22.6. The summed E-state index contributed by atoms with van der Waals surface area (Å²) >= 11 is 0. The third kappa shape index (κ3) is 4.79. The fraction of sp³-hybridized carbons (Fsp3) is 0.400. The molecule has 172 valence electrons. The molecule has 8 heteroatoms. The second-order valence-corrected chi connectivity index (χ2v) is 9.11. The minimum Gasteiger partial charge on any atom is -0.353 e. The minimum absolute atomic E-state index is 0.00865. The Morgan fingerprint density at radius 1 is 1.18 bits per heavy atom. The molecule has 2 aromatic heterocycles. The molecule has 0 aliphatic carbocycles. The number of aromatic nitrogens is 4. The molecule has 1 atom stereocenters. The summed E-state index contributed by atoms with van der Waals surface area (Å²) in [6, 6.07) is 8.05. The molecule has 4 rings (SSSR count). The van der Waals surface area contributed by atoms with Gasteiger partial charge >= 0.3 is 0 Å². The van der Waals surface area contributed by atoms with Crippen LogP contribution in [0.3, 0.4) is 0 Å². The lowest BCUT2D eigenvalue weighted by Crippen LogP contribution is -2.55. The summed E-state index contributed by atoms with van der Waals surface area (Å²) < 4.78 is 0.